The molecule has 0 aliphatic carbocycles. The van der Waals surface area contributed by atoms with E-state index < -0.39 is 17.7 Å². The number of hydrogen-bond acceptors (Lipinski definition) is 2. The molecule has 0 heterocycles. The van der Waals surface area contributed by atoms with Crippen molar-refractivity contribution in [2.24, 2.45) is 5.92 Å². The standard InChI is InChI=1S/C12H13FO2/c1-8(2)10(12(14)15)11(13)9-6-4-3-5-7-9/h3-8H,1-2H3,(H,14,15)/p-1/b11-10-. The molecule has 0 unspecified atom stereocenters. The third kappa shape index (κ3) is 2.65. The van der Waals surface area contributed by atoms with Gasteiger partial charge in [0.05, 0.1) is 5.97 Å². The van der Waals surface area contributed by atoms with E-state index in [-0.39, 0.29) is 11.1 Å². The minimum Gasteiger partial charge on any atom is -0.545 e. The highest BCUT2D eigenvalue weighted by molar-refractivity contribution is 5.93. The average molecular weight is 207 g/mol. The number of carboxylic acid groups (broad SMARTS) is 1. The molecule has 3 heteroatoms. The van der Waals surface area contributed by atoms with Crippen molar-refractivity contribution in [2.45, 2.75) is 13.8 Å². The summed E-state index contributed by atoms with van der Waals surface area (Å²) in [5.74, 6) is -2.58. The number of hydrogen-bond donors (Lipinski definition) is 0. The quantitative estimate of drug-likeness (QED) is 0.709. The molecule has 0 saturated heterocycles. The molecule has 1 rings (SSSR count). The van der Waals surface area contributed by atoms with Crippen LogP contribution in [0, 0.1) is 5.92 Å². The number of carboxylic acids is 1. The fourth-order valence-corrected chi connectivity index (χ4v) is 1.32. The zero-order chi connectivity index (χ0) is 11.4. The summed E-state index contributed by atoms with van der Waals surface area (Å²) in [6.45, 7) is 3.24. The first-order valence-corrected chi connectivity index (χ1v) is 4.70. The summed E-state index contributed by atoms with van der Waals surface area (Å²) in [4.78, 5) is 10.7. The molecule has 15 heavy (non-hydrogen) atoms. The Morgan fingerprint density at radius 3 is 2.20 bits per heavy atom. The summed E-state index contributed by atoms with van der Waals surface area (Å²) in [6.07, 6.45) is 0. The van der Waals surface area contributed by atoms with Gasteiger partial charge in [0, 0.05) is 11.1 Å². The molecule has 1 aromatic carbocycles. The molecule has 0 saturated carbocycles. The van der Waals surface area contributed by atoms with E-state index in [4.69, 9.17) is 0 Å². The lowest BCUT2D eigenvalue weighted by Crippen LogP contribution is -2.27. The number of carbonyl (C=O) groups excluding carboxylic acids is 1. The molecule has 0 spiro atoms. The van der Waals surface area contributed by atoms with Crippen LogP contribution < -0.4 is 5.11 Å². The van der Waals surface area contributed by atoms with Crippen molar-refractivity contribution in [2.75, 3.05) is 0 Å². The fourth-order valence-electron chi connectivity index (χ4n) is 1.32. The van der Waals surface area contributed by atoms with Gasteiger partial charge in [-0.15, -0.1) is 0 Å². The normalized spacial score (nSPS) is 12.5. The molecule has 1 aromatic rings. The number of aliphatic carboxylic acids is 1. The van der Waals surface area contributed by atoms with Crippen molar-refractivity contribution < 1.29 is 14.3 Å². The van der Waals surface area contributed by atoms with E-state index in [0.29, 0.717) is 0 Å². The second-order valence-electron chi connectivity index (χ2n) is 3.54. The molecule has 0 N–H and O–H groups in total. The van der Waals surface area contributed by atoms with E-state index in [1.807, 2.05) is 0 Å². The van der Waals surface area contributed by atoms with Gasteiger partial charge in [-0.2, -0.15) is 0 Å². The zero-order valence-corrected chi connectivity index (χ0v) is 8.66. The predicted octanol–water partition coefficient (Wildman–Crippen LogP) is 1.77. The highest BCUT2D eigenvalue weighted by Gasteiger charge is 2.13. The molecule has 80 valence electrons. The number of benzene rings is 1. The van der Waals surface area contributed by atoms with Crippen molar-refractivity contribution in [3.63, 3.8) is 0 Å². The number of carbonyl (C=O) groups is 1. The van der Waals surface area contributed by atoms with Gasteiger partial charge in [-0.3, -0.25) is 0 Å². The highest BCUT2D eigenvalue weighted by Crippen LogP contribution is 2.24. The Kier molecular flexibility index (Phi) is 3.61. The summed E-state index contributed by atoms with van der Waals surface area (Å²) in [7, 11) is 0. The smallest absolute Gasteiger partial charge is 0.135 e. The molecule has 0 aromatic heterocycles. The van der Waals surface area contributed by atoms with Crippen LogP contribution in [0.3, 0.4) is 0 Å². The van der Waals surface area contributed by atoms with Gasteiger partial charge in [-0.1, -0.05) is 44.2 Å². The molecule has 0 fully saturated rings. The predicted molar refractivity (Wildman–Crippen MR) is 54.3 cm³/mol. The van der Waals surface area contributed by atoms with Gasteiger partial charge >= 0.3 is 0 Å². The van der Waals surface area contributed by atoms with Crippen LogP contribution in [0.25, 0.3) is 5.83 Å². The third-order valence-electron chi connectivity index (χ3n) is 2.06. The van der Waals surface area contributed by atoms with E-state index in [2.05, 4.69) is 0 Å². The molecule has 0 atom stereocenters. The van der Waals surface area contributed by atoms with Crippen LogP contribution in [0.5, 0.6) is 0 Å². The summed E-state index contributed by atoms with van der Waals surface area (Å²) < 4.78 is 13.8. The van der Waals surface area contributed by atoms with Gasteiger partial charge in [0.25, 0.3) is 0 Å². The van der Waals surface area contributed by atoms with Gasteiger partial charge < -0.3 is 9.90 Å². The minimum atomic E-state index is -1.45. The van der Waals surface area contributed by atoms with Crippen molar-refractivity contribution in [1.82, 2.24) is 0 Å². The summed E-state index contributed by atoms with van der Waals surface area (Å²) >= 11 is 0. The summed E-state index contributed by atoms with van der Waals surface area (Å²) in [5.41, 5.74) is -0.0217. The van der Waals surface area contributed by atoms with E-state index in [1.54, 1.807) is 32.0 Å². The summed E-state index contributed by atoms with van der Waals surface area (Å²) in [5, 5.41) is 10.7. The van der Waals surface area contributed by atoms with Crippen LogP contribution in [-0.4, -0.2) is 5.97 Å². The molecular weight excluding hydrogens is 195 g/mol. The van der Waals surface area contributed by atoms with Crippen molar-refractivity contribution in [1.29, 1.82) is 0 Å². The second kappa shape index (κ2) is 4.73. The zero-order valence-electron chi connectivity index (χ0n) is 8.66. The van der Waals surface area contributed by atoms with Crippen LogP contribution in [0.1, 0.15) is 19.4 Å². The molecule has 0 radical (unpaired) electrons. The van der Waals surface area contributed by atoms with E-state index >= 15 is 0 Å². The largest absolute Gasteiger partial charge is 0.545 e. The van der Waals surface area contributed by atoms with Crippen molar-refractivity contribution in [3.05, 3.63) is 41.5 Å². The van der Waals surface area contributed by atoms with Crippen LogP contribution in [0.15, 0.2) is 35.9 Å². The van der Waals surface area contributed by atoms with Crippen LogP contribution in [-0.2, 0) is 4.79 Å². The lowest BCUT2D eigenvalue weighted by molar-refractivity contribution is -0.299. The highest BCUT2D eigenvalue weighted by atomic mass is 19.1. The monoisotopic (exact) mass is 207 g/mol. The average Bonchev–Trinajstić information content (AvgIpc) is 2.18. The Bertz CT molecular complexity index is 380. The van der Waals surface area contributed by atoms with Gasteiger partial charge in [0.15, 0.2) is 0 Å². The molecule has 0 amide bonds. The maximum atomic E-state index is 13.8. The molecular formula is C12H12FO2-. The number of halogens is 1. The maximum Gasteiger partial charge on any atom is 0.135 e. The van der Waals surface area contributed by atoms with Gasteiger partial charge in [0.2, 0.25) is 0 Å². The Morgan fingerprint density at radius 2 is 1.80 bits per heavy atom. The summed E-state index contributed by atoms with van der Waals surface area (Å²) in [6, 6.07) is 8.11. The lowest BCUT2D eigenvalue weighted by Gasteiger charge is -2.14. The first-order chi connectivity index (χ1) is 7.04. The minimum absolute atomic E-state index is 0.269. The Labute approximate surface area is 88.1 Å². The molecule has 0 aliphatic heterocycles. The van der Waals surface area contributed by atoms with Crippen LogP contribution in [0.2, 0.25) is 0 Å². The third-order valence-corrected chi connectivity index (χ3v) is 2.06. The van der Waals surface area contributed by atoms with E-state index in [1.165, 1.54) is 12.1 Å². The topological polar surface area (TPSA) is 40.1 Å². The van der Waals surface area contributed by atoms with E-state index in [0.717, 1.165) is 0 Å². The first kappa shape index (κ1) is 11.4. The Hall–Kier alpha value is -1.64. The van der Waals surface area contributed by atoms with Crippen molar-refractivity contribution in [3.8, 4) is 0 Å². The molecule has 0 bridgehead atoms. The molecule has 0 aliphatic rings. The SMILES string of the molecule is CC(C)/C(C(=O)[O-])=C(/F)c1ccccc1. The van der Waals surface area contributed by atoms with Gasteiger partial charge in [0.1, 0.15) is 5.83 Å². The Balaban J connectivity index is 3.23. The lowest BCUT2D eigenvalue weighted by atomic mass is 9.99. The fraction of sp³-hybridized carbons (Fsp3) is 0.250. The van der Waals surface area contributed by atoms with Gasteiger partial charge in [-0.05, 0) is 5.92 Å². The van der Waals surface area contributed by atoms with Crippen LogP contribution in [0.4, 0.5) is 4.39 Å². The van der Waals surface area contributed by atoms with Gasteiger partial charge in [-0.25, -0.2) is 4.39 Å². The Morgan fingerprint density at radius 1 is 1.27 bits per heavy atom. The first-order valence-electron chi connectivity index (χ1n) is 4.70. The maximum absolute atomic E-state index is 13.8. The second-order valence-corrected chi connectivity index (χ2v) is 3.54. The van der Waals surface area contributed by atoms with E-state index in [9.17, 15) is 14.3 Å². The molecule has 2 nitrogen and oxygen atoms in total. The van der Waals surface area contributed by atoms with Crippen molar-refractivity contribution >= 4 is 11.8 Å². The number of rotatable bonds is 3. The van der Waals surface area contributed by atoms with Crippen LogP contribution >= 0.6 is 0 Å².